The Labute approximate surface area is 105 Å². The van der Waals surface area contributed by atoms with Crippen molar-refractivity contribution in [1.29, 1.82) is 0 Å². The van der Waals surface area contributed by atoms with Gasteiger partial charge in [-0.2, -0.15) is 0 Å². The molecule has 1 amide bonds. The fraction of sp³-hybridized carbons (Fsp3) is 0.583. The molecular formula is C12H16N4O2. The number of amides is 1. The van der Waals surface area contributed by atoms with Gasteiger partial charge in [-0.15, -0.1) is 0 Å². The van der Waals surface area contributed by atoms with Gasteiger partial charge in [-0.3, -0.25) is 4.79 Å². The number of azide groups is 1. The van der Waals surface area contributed by atoms with E-state index in [9.17, 15) is 4.79 Å². The number of carbonyl (C=O) groups excluding carboxylic acids is 1. The Morgan fingerprint density at radius 2 is 2.06 bits per heavy atom. The Kier molecular flexibility index (Phi) is 4.25. The van der Waals surface area contributed by atoms with Crippen molar-refractivity contribution in [3.8, 4) is 0 Å². The SMILES string of the molecule is [N-]=[N+]=NCc1ccc(C(=O)N2CCCCCC2)o1. The molecule has 0 spiro atoms. The summed E-state index contributed by atoms with van der Waals surface area (Å²) in [6.45, 7) is 1.74. The first-order valence-corrected chi connectivity index (χ1v) is 6.20. The molecule has 6 nitrogen and oxygen atoms in total. The Balaban J connectivity index is 2.03. The molecule has 1 aliphatic rings. The summed E-state index contributed by atoms with van der Waals surface area (Å²) in [6.07, 6.45) is 4.48. The maximum Gasteiger partial charge on any atom is 0.289 e. The first-order chi connectivity index (χ1) is 8.81. The van der Waals surface area contributed by atoms with E-state index < -0.39 is 0 Å². The molecule has 18 heavy (non-hydrogen) atoms. The summed E-state index contributed by atoms with van der Waals surface area (Å²) in [5.74, 6) is 0.787. The maximum absolute atomic E-state index is 12.2. The molecular weight excluding hydrogens is 232 g/mol. The molecule has 96 valence electrons. The minimum absolute atomic E-state index is 0.0657. The zero-order chi connectivity index (χ0) is 12.8. The topological polar surface area (TPSA) is 82.2 Å². The Hall–Kier alpha value is -1.94. The summed E-state index contributed by atoms with van der Waals surface area (Å²) >= 11 is 0. The minimum atomic E-state index is -0.0657. The van der Waals surface area contributed by atoms with E-state index in [0.29, 0.717) is 11.5 Å². The van der Waals surface area contributed by atoms with Gasteiger partial charge < -0.3 is 9.32 Å². The van der Waals surface area contributed by atoms with Crippen LogP contribution in [0.2, 0.25) is 0 Å². The number of hydrogen-bond acceptors (Lipinski definition) is 3. The Morgan fingerprint density at radius 1 is 1.33 bits per heavy atom. The summed E-state index contributed by atoms with van der Waals surface area (Å²) in [6, 6.07) is 3.33. The van der Waals surface area contributed by atoms with E-state index in [1.54, 1.807) is 12.1 Å². The van der Waals surface area contributed by atoms with Gasteiger partial charge in [0.05, 0.1) is 6.54 Å². The fourth-order valence-corrected chi connectivity index (χ4v) is 2.11. The average molecular weight is 248 g/mol. The Morgan fingerprint density at radius 3 is 2.72 bits per heavy atom. The van der Waals surface area contributed by atoms with Crippen molar-refractivity contribution >= 4 is 5.91 Å². The van der Waals surface area contributed by atoms with Crippen LogP contribution in [0, 0.1) is 0 Å². The van der Waals surface area contributed by atoms with E-state index in [0.717, 1.165) is 25.9 Å². The van der Waals surface area contributed by atoms with Crippen LogP contribution >= 0.6 is 0 Å². The van der Waals surface area contributed by atoms with Gasteiger partial charge in [0, 0.05) is 18.0 Å². The minimum Gasteiger partial charge on any atom is -0.456 e. The highest BCUT2D eigenvalue weighted by molar-refractivity contribution is 5.91. The van der Waals surface area contributed by atoms with Gasteiger partial charge in [-0.05, 0) is 30.5 Å². The molecule has 0 N–H and O–H groups in total. The lowest BCUT2D eigenvalue weighted by atomic mass is 10.2. The van der Waals surface area contributed by atoms with Crippen LogP contribution in [0.4, 0.5) is 0 Å². The van der Waals surface area contributed by atoms with E-state index >= 15 is 0 Å². The Bertz CT molecular complexity index is 454. The lowest BCUT2D eigenvalue weighted by molar-refractivity contribution is 0.0728. The van der Waals surface area contributed by atoms with Gasteiger partial charge in [-0.1, -0.05) is 18.0 Å². The van der Waals surface area contributed by atoms with Crippen molar-refractivity contribution in [2.24, 2.45) is 5.11 Å². The number of likely N-dealkylation sites (tertiary alicyclic amines) is 1. The third kappa shape index (κ3) is 3.05. The lowest BCUT2D eigenvalue weighted by Crippen LogP contribution is -2.31. The molecule has 6 heteroatoms. The molecule has 1 aliphatic heterocycles. The second-order valence-electron chi connectivity index (χ2n) is 4.36. The molecule has 0 bridgehead atoms. The third-order valence-corrected chi connectivity index (χ3v) is 3.06. The van der Waals surface area contributed by atoms with Crippen LogP contribution in [0.3, 0.4) is 0 Å². The van der Waals surface area contributed by atoms with Crippen LogP contribution in [-0.2, 0) is 6.54 Å². The first kappa shape index (κ1) is 12.5. The van der Waals surface area contributed by atoms with Crippen molar-refractivity contribution in [3.63, 3.8) is 0 Å². The van der Waals surface area contributed by atoms with Crippen molar-refractivity contribution in [2.75, 3.05) is 13.1 Å². The van der Waals surface area contributed by atoms with Gasteiger partial charge in [0.2, 0.25) is 0 Å². The third-order valence-electron chi connectivity index (χ3n) is 3.06. The smallest absolute Gasteiger partial charge is 0.289 e. The second kappa shape index (κ2) is 6.12. The molecule has 1 saturated heterocycles. The molecule has 1 aromatic rings. The molecule has 0 atom stereocenters. The summed E-state index contributed by atoms with van der Waals surface area (Å²) in [4.78, 5) is 16.7. The number of nitrogens with zero attached hydrogens (tertiary/aromatic N) is 4. The van der Waals surface area contributed by atoms with E-state index in [2.05, 4.69) is 10.0 Å². The molecule has 1 aromatic heterocycles. The number of carbonyl (C=O) groups is 1. The first-order valence-electron chi connectivity index (χ1n) is 6.20. The van der Waals surface area contributed by atoms with Gasteiger partial charge in [0.25, 0.3) is 5.91 Å². The highest BCUT2D eigenvalue weighted by Crippen LogP contribution is 2.15. The maximum atomic E-state index is 12.2. The lowest BCUT2D eigenvalue weighted by Gasteiger charge is -2.18. The van der Waals surface area contributed by atoms with Crippen molar-refractivity contribution < 1.29 is 9.21 Å². The molecule has 0 radical (unpaired) electrons. The van der Waals surface area contributed by atoms with E-state index in [-0.39, 0.29) is 12.5 Å². The van der Waals surface area contributed by atoms with Crippen LogP contribution in [0.5, 0.6) is 0 Å². The van der Waals surface area contributed by atoms with Crippen LogP contribution in [0.15, 0.2) is 21.7 Å². The van der Waals surface area contributed by atoms with Gasteiger partial charge >= 0.3 is 0 Å². The zero-order valence-corrected chi connectivity index (χ0v) is 10.2. The molecule has 0 aromatic carbocycles. The van der Waals surface area contributed by atoms with Crippen molar-refractivity contribution in [3.05, 3.63) is 34.1 Å². The molecule has 2 rings (SSSR count). The number of furan rings is 1. The van der Waals surface area contributed by atoms with E-state index in [1.807, 2.05) is 4.90 Å². The fourth-order valence-electron chi connectivity index (χ4n) is 2.11. The molecule has 1 fully saturated rings. The average Bonchev–Trinajstić information content (AvgIpc) is 2.69. The molecule has 0 aliphatic carbocycles. The highest BCUT2D eigenvalue weighted by atomic mass is 16.4. The van der Waals surface area contributed by atoms with Gasteiger partial charge in [0.1, 0.15) is 5.76 Å². The standard InChI is InChI=1S/C12H16N4O2/c13-15-14-9-10-5-6-11(18-10)12(17)16-7-3-1-2-4-8-16/h5-6H,1-4,7-9H2. The summed E-state index contributed by atoms with van der Waals surface area (Å²) in [5, 5.41) is 3.40. The monoisotopic (exact) mass is 248 g/mol. The van der Waals surface area contributed by atoms with Crippen molar-refractivity contribution in [2.45, 2.75) is 32.2 Å². The van der Waals surface area contributed by atoms with Crippen LogP contribution in [0.25, 0.3) is 10.4 Å². The predicted octanol–water partition coefficient (Wildman–Crippen LogP) is 3.11. The van der Waals surface area contributed by atoms with Gasteiger partial charge in [-0.25, -0.2) is 0 Å². The quantitative estimate of drug-likeness (QED) is 0.467. The number of rotatable bonds is 3. The summed E-state index contributed by atoms with van der Waals surface area (Å²) in [5.41, 5.74) is 8.22. The van der Waals surface area contributed by atoms with Crippen LogP contribution in [0.1, 0.15) is 42.0 Å². The van der Waals surface area contributed by atoms with Crippen molar-refractivity contribution in [1.82, 2.24) is 4.90 Å². The normalized spacial score (nSPS) is 15.9. The predicted molar refractivity (Wildman–Crippen MR) is 65.9 cm³/mol. The zero-order valence-electron chi connectivity index (χ0n) is 10.2. The highest BCUT2D eigenvalue weighted by Gasteiger charge is 2.20. The van der Waals surface area contributed by atoms with E-state index in [1.165, 1.54) is 12.8 Å². The summed E-state index contributed by atoms with van der Waals surface area (Å²) in [7, 11) is 0. The summed E-state index contributed by atoms with van der Waals surface area (Å²) < 4.78 is 5.39. The van der Waals surface area contributed by atoms with Gasteiger partial charge in [0.15, 0.2) is 5.76 Å². The van der Waals surface area contributed by atoms with Crippen LogP contribution in [-0.4, -0.2) is 23.9 Å². The second-order valence-corrected chi connectivity index (χ2v) is 4.36. The molecule has 0 unspecified atom stereocenters. The van der Waals surface area contributed by atoms with E-state index in [4.69, 9.17) is 9.95 Å². The number of hydrogen-bond donors (Lipinski definition) is 0. The molecule has 2 heterocycles. The molecule has 0 saturated carbocycles. The largest absolute Gasteiger partial charge is 0.456 e. The van der Waals surface area contributed by atoms with Crippen LogP contribution < -0.4 is 0 Å².